The number of nitro benzene ring substituents is 1. The number of phenolic OH excluding ortho intramolecular Hbond substituents is 1. The summed E-state index contributed by atoms with van der Waals surface area (Å²) < 4.78 is 0.116. The molecule has 0 bridgehead atoms. The van der Waals surface area contributed by atoms with Gasteiger partial charge in [0.15, 0.2) is 11.6 Å². The standard InChI is InChI=1S/C31H23BrN2O7/c1-2-4-15-5-3-6-19(28(15)36)25-18-11-12-20-26(21(18)13-22-27(25)24(35)14-23(32)29(22)37)31(39)33(30(20)38)16-7-9-17(10-8-16)34(40)41/h2-3,5-11,14,20-21,25-26,36H,1,4,12-13H2. The molecule has 10 heteroatoms. The molecule has 9 nitrogen and oxygen atoms in total. The van der Waals surface area contributed by atoms with E-state index in [9.17, 15) is 34.4 Å². The van der Waals surface area contributed by atoms with Gasteiger partial charge in [0.05, 0.1) is 26.9 Å². The zero-order valence-corrected chi connectivity index (χ0v) is 23.2. The Kier molecular flexibility index (Phi) is 6.45. The molecule has 206 valence electrons. The molecular formula is C31H23BrN2O7. The predicted octanol–water partition coefficient (Wildman–Crippen LogP) is 5.00. The van der Waals surface area contributed by atoms with Gasteiger partial charge in [-0.3, -0.25) is 34.2 Å². The number of nitrogens with zero attached hydrogens (tertiary/aromatic N) is 2. The number of halogens is 1. The summed E-state index contributed by atoms with van der Waals surface area (Å²) in [6.07, 6.45) is 5.48. The van der Waals surface area contributed by atoms with Crippen LogP contribution in [0.15, 0.2) is 88.5 Å². The third-order valence-electron chi connectivity index (χ3n) is 8.48. The van der Waals surface area contributed by atoms with Crippen molar-refractivity contribution in [1.82, 2.24) is 0 Å². The van der Waals surface area contributed by atoms with Crippen LogP contribution in [0.4, 0.5) is 11.4 Å². The molecule has 1 heterocycles. The van der Waals surface area contributed by atoms with Gasteiger partial charge in [-0.1, -0.05) is 35.9 Å². The molecule has 2 aromatic carbocycles. The fraction of sp³-hybridized carbons (Fsp3) is 0.226. The largest absolute Gasteiger partial charge is 0.507 e. The summed E-state index contributed by atoms with van der Waals surface area (Å²) in [6, 6.07) is 10.5. The lowest BCUT2D eigenvalue weighted by Gasteiger charge is -2.42. The number of imide groups is 1. The number of anilines is 1. The fourth-order valence-corrected chi connectivity index (χ4v) is 7.15. The summed E-state index contributed by atoms with van der Waals surface area (Å²) in [5, 5.41) is 22.4. The summed E-state index contributed by atoms with van der Waals surface area (Å²) in [5.74, 6) is -4.45. The summed E-state index contributed by atoms with van der Waals surface area (Å²) >= 11 is 3.21. The lowest BCUT2D eigenvalue weighted by Crippen LogP contribution is -2.39. The number of carbonyl (C=O) groups is 4. The molecule has 2 aromatic rings. The van der Waals surface area contributed by atoms with Gasteiger partial charge in [0.1, 0.15) is 5.75 Å². The minimum Gasteiger partial charge on any atom is -0.507 e. The Bertz CT molecular complexity index is 1680. The number of non-ortho nitro benzene ring substituents is 1. The number of nitro groups is 1. The quantitative estimate of drug-likeness (QED) is 0.165. The van der Waals surface area contributed by atoms with E-state index in [0.29, 0.717) is 17.5 Å². The van der Waals surface area contributed by atoms with Crippen molar-refractivity contribution >= 4 is 50.7 Å². The van der Waals surface area contributed by atoms with Gasteiger partial charge in [-0.05, 0) is 58.8 Å². The van der Waals surface area contributed by atoms with E-state index < -0.39 is 40.4 Å². The number of fused-ring (bicyclic) bond motifs is 3. The van der Waals surface area contributed by atoms with Crippen molar-refractivity contribution in [2.45, 2.75) is 25.2 Å². The molecule has 4 atom stereocenters. The van der Waals surface area contributed by atoms with E-state index in [-0.39, 0.29) is 57.2 Å². The Balaban J connectivity index is 1.47. The lowest BCUT2D eigenvalue weighted by molar-refractivity contribution is -0.384. The second-order valence-corrected chi connectivity index (χ2v) is 11.4. The van der Waals surface area contributed by atoms with Gasteiger partial charge in [0.25, 0.3) is 5.69 Å². The first-order chi connectivity index (χ1) is 19.6. The molecule has 1 saturated heterocycles. The maximum atomic E-state index is 13.9. The molecule has 1 fully saturated rings. The minimum absolute atomic E-state index is 0.0110. The molecule has 4 aliphatic rings. The second kappa shape index (κ2) is 9.88. The maximum Gasteiger partial charge on any atom is 0.269 e. The Morgan fingerprint density at radius 3 is 2.49 bits per heavy atom. The third kappa shape index (κ3) is 4.04. The molecule has 3 aliphatic carbocycles. The Morgan fingerprint density at radius 2 is 1.80 bits per heavy atom. The second-order valence-electron chi connectivity index (χ2n) is 10.5. The van der Waals surface area contributed by atoms with Crippen molar-refractivity contribution in [1.29, 1.82) is 0 Å². The number of ketones is 2. The van der Waals surface area contributed by atoms with Gasteiger partial charge in [-0.15, -0.1) is 6.58 Å². The van der Waals surface area contributed by atoms with Crippen LogP contribution < -0.4 is 4.90 Å². The molecule has 6 rings (SSSR count). The van der Waals surface area contributed by atoms with Crippen molar-refractivity contribution in [2.75, 3.05) is 4.90 Å². The highest BCUT2D eigenvalue weighted by molar-refractivity contribution is 9.12. The van der Waals surface area contributed by atoms with Crippen LogP contribution >= 0.6 is 15.9 Å². The maximum absolute atomic E-state index is 13.9. The highest BCUT2D eigenvalue weighted by Crippen LogP contribution is 2.56. The zero-order chi connectivity index (χ0) is 29.2. The zero-order valence-electron chi connectivity index (χ0n) is 21.6. The molecule has 41 heavy (non-hydrogen) atoms. The van der Waals surface area contributed by atoms with Crippen LogP contribution in [-0.4, -0.2) is 33.4 Å². The van der Waals surface area contributed by atoms with E-state index in [1.54, 1.807) is 24.3 Å². The number of aromatic hydroxyl groups is 1. The van der Waals surface area contributed by atoms with Gasteiger partial charge in [-0.25, -0.2) is 0 Å². The van der Waals surface area contributed by atoms with Crippen molar-refractivity contribution in [2.24, 2.45) is 17.8 Å². The van der Waals surface area contributed by atoms with Crippen molar-refractivity contribution in [3.8, 4) is 5.75 Å². The molecule has 4 unspecified atom stereocenters. The summed E-state index contributed by atoms with van der Waals surface area (Å²) in [5.41, 5.74) is 2.38. The number of phenols is 1. The van der Waals surface area contributed by atoms with Crippen molar-refractivity contribution in [3.63, 3.8) is 0 Å². The number of hydrogen-bond donors (Lipinski definition) is 1. The van der Waals surface area contributed by atoms with E-state index >= 15 is 0 Å². The van der Waals surface area contributed by atoms with Crippen LogP contribution in [-0.2, 0) is 25.6 Å². The average Bonchev–Trinajstić information content (AvgIpc) is 3.21. The van der Waals surface area contributed by atoms with Gasteiger partial charge in [-0.2, -0.15) is 0 Å². The van der Waals surface area contributed by atoms with Gasteiger partial charge in [0.2, 0.25) is 11.8 Å². The summed E-state index contributed by atoms with van der Waals surface area (Å²) in [6.45, 7) is 3.75. The van der Waals surface area contributed by atoms with Gasteiger partial charge in [0, 0.05) is 40.8 Å². The molecule has 2 amide bonds. The number of allylic oxidation sites excluding steroid dienone is 7. The molecule has 0 saturated carbocycles. The number of rotatable bonds is 5. The highest BCUT2D eigenvalue weighted by atomic mass is 79.9. The van der Waals surface area contributed by atoms with Gasteiger partial charge < -0.3 is 5.11 Å². The number of amides is 2. The molecule has 1 N–H and O–H groups in total. The van der Waals surface area contributed by atoms with Crippen LogP contribution in [0.3, 0.4) is 0 Å². The van der Waals surface area contributed by atoms with Crippen LogP contribution in [0.2, 0.25) is 0 Å². The number of hydrogen-bond acceptors (Lipinski definition) is 7. The molecule has 0 spiro atoms. The molecular weight excluding hydrogens is 592 g/mol. The fourth-order valence-electron chi connectivity index (χ4n) is 6.70. The Hall–Kier alpha value is -4.44. The SMILES string of the molecule is C=CCc1cccc(C2C3=CCC4C(=O)N(c5ccc([N+](=O)[O-])cc5)C(=O)C4C3CC3=C2C(=O)C=C(Br)C3=O)c1O. The number of carbonyl (C=O) groups excluding carboxylic acids is 4. The lowest BCUT2D eigenvalue weighted by atomic mass is 9.59. The van der Waals surface area contributed by atoms with E-state index in [0.717, 1.165) is 10.5 Å². The van der Waals surface area contributed by atoms with E-state index in [1.165, 1.54) is 30.3 Å². The molecule has 0 aromatic heterocycles. The van der Waals surface area contributed by atoms with E-state index in [1.807, 2.05) is 6.08 Å². The predicted molar refractivity (Wildman–Crippen MR) is 152 cm³/mol. The first-order valence-electron chi connectivity index (χ1n) is 13.1. The van der Waals surface area contributed by atoms with E-state index in [4.69, 9.17) is 0 Å². The number of Topliss-reactive ketones (excluding diaryl/α,β-unsaturated/α-hetero) is 1. The van der Waals surface area contributed by atoms with Crippen molar-refractivity contribution < 1.29 is 29.2 Å². The number of benzene rings is 2. The molecule has 0 radical (unpaired) electrons. The Morgan fingerprint density at radius 1 is 1.07 bits per heavy atom. The first kappa shape index (κ1) is 26.8. The van der Waals surface area contributed by atoms with E-state index in [2.05, 4.69) is 22.5 Å². The normalized spacial score (nSPS) is 25.3. The van der Waals surface area contributed by atoms with Crippen LogP contribution in [0.5, 0.6) is 5.75 Å². The van der Waals surface area contributed by atoms with Crippen LogP contribution in [0.1, 0.15) is 29.9 Å². The average molecular weight is 615 g/mol. The summed E-state index contributed by atoms with van der Waals surface area (Å²) in [7, 11) is 0. The monoisotopic (exact) mass is 614 g/mol. The van der Waals surface area contributed by atoms with Crippen LogP contribution in [0.25, 0.3) is 0 Å². The third-order valence-corrected chi connectivity index (χ3v) is 9.07. The topological polar surface area (TPSA) is 135 Å². The Labute approximate surface area is 242 Å². The smallest absolute Gasteiger partial charge is 0.269 e. The first-order valence-corrected chi connectivity index (χ1v) is 13.9. The molecule has 1 aliphatic heterocycles. The minimum atomic E-state index is -0.805. The van der Waals surface area contributed by atoms with Gasteiger partial charge >= 0.3 is 0 Å². The highest BCUT2D eigenvalue weighted by Gasteiger charge is 2.57. The number of para-hydroxylation sites is 1. The summed E-state index contributed by atoms with van der Waals surface area (Å²) in [4.78, 5) is 65.9. The van der Waals surface area contributed by atoms with Crippen molar-refractivity contribution in [3.05, 3.63) is 110 Å². The van der Waals surface area contributed by atoms with Crippen LogP contribution in [0, 0.1) is 27.9 Å².